The van der Waals surface area contributed by atoms with Crippen LogP contribution in [-0.2, 0) is 4.74 Å². The van der Waals surface area contributed by atoms with Gasteiger partial charge in [-0.1, -0.05) is 33.1 Å². The highest BCUT2D eigenvalue weighted by Crippen LogP contribution is 2.53. The molecule has 0 amide bonds. The summed E-state index contributed by atoms with van der Waals surface area (Å²) < 4.78 is 5.18. The van der Waals surface area contributed by atoms with Gasteiger partial charge in [0.15, 0.2) is 0 Å². The molecule has 2 saturated carbocycles. The van der Waals surface area contributed by atoms with Crippen LogP contribution in [0, 0.1) is 23.2 Å². The monoisotopic (exact) mass is 295 g/mol. The second-order valence-corrected chi connectivity index (χ2v) is 7.77. The second-order valence-electron chi connectivity index (χ2n) is 7.77. The summed E-state index contributed by atoms with van der Waals surface area (Å²) in [5.41, 5.74) is 0.541. The van der Waals surface area contributed by atoms with Gasteiger partial charge in [0.1, 0.15) is 0 Å². The topological polar surface area (TPSA) is 21.3 Å². The van der Waals surface area contributed by atoms with Crippen LogP contribution in [0.1, 0.15) is 71.6 Å². The average Bonchev–Trinajstić information content (AvgIpc) is 3.11. The predicted octanol–water partition coefficient (Wildman–Crippen LogP) is 4.64. The molecule has 0 radical (unpaired) electrons. The number of rotatable bonds is 11. The van der Waals surface area contributed by atoms with Crippen molar-refractivity contribution in [3.63, 3.8) is 0 Å². The first-order valence-corrected chi connectivity index (χ1v) is 9.42. The van der Waals surface area contributed by atoms with Crippen molar-refractivity contribution in [3.8, 4) is 0 Å². The van der Waals surface area contributed by atoms with Crippen LogP contribution in [-0.4, -0.2) is 26.8 Å². The molecule has 1 N–H and O–H groups in total. The Labute approximate surface area is 132 Å². The van der Waals surface area contributed by atoms with Crippen molar-refractivity contribution in [3.05, 3.63) is 0 Å². The van der Waals surface area contributed by atoms with Crippen LogP contribution < -0.4 is 5.32 Å². The Morgan fingerprint density at radius 1 is 1.19 bits per heavy atom. The van der Waals surface area contributed by atoms with Crippen LogP contribution in [0.25, 0.3) is 0 Å². The summed E-state index contributed by atoms with van der Waals surface area (Å²) in [6.07, 6.45) is 13.1. The molecule has 2 nitrogen and oxygen atoms in total. The van der Waals surface area contributed by atoms with Gasteiger partial charge in [-0.3, -0.25) is 0 Å². The third kappa shape index (κ3) is 4.69. The summed E-state index contributed by atoms with van der Waals surface area (Å²) in [6, 6.07) is 0. The number of hydrogen-bond acceptors (Lipinski definition) is 2. The Morgan fingerprint density at radius 3 is 2.62 bits per heavy atom. The Hall–Kier alpha value is -0.0800. The third-order valence-corrected chi connectivity index (χ3v) is 6.37. The summed E-state index contributed by atoms with van der Waals surface area (Å²) in [5.74, 6) is 3.19. The van der Waals surface area contributed by atoms with E-state index in [2.05, 4.69) is 19.2 Å². The summed E-state index contributed by atoms with van der Waals surface area (Å²) in [7, 11) is 1.79. The van der Waals surface area contributed by atoms with E-state index in [1.54, 1.807) is 13.5 Å². The molecule has 0 aromatic carbocycles. The summed E-state index contributed by atoms with van der Waals surface area (Å²) in [5, 5.41) is 3.68. The van der Waals surface area contributed by atoms with Gasteiger partial charge in [-0.15, -0.1) is 0 Å². The standard InChI is InChI=1S/C19H37NO/c1-4-6-9-19(5-2,15-20-10-11-21-3)14-18-13-16-7-8-17(18)12-16/h16-18,20H,4-15H2,1-3H3. The van der Waals surface area contributed by atoms with Crippen LogP contribution in [0.4, 0.5) is 0 Å². The van der Waals surface area contributed by atoms with Crippen molar-refractivity contribution in [1.29, 1.82) is 0 Å². The zero-order valence-electron chi connectivity index (χ0n) is 14.6. The molecule has 2 fully saturated rings. The summed E-state index contributed by atoms with van der Waals surface area (Å²) in [6.45, 7) is 7.78. The maximum Gasteiger partial charge on any atom is 0.0587 e. The molecule has 21 heavy (non-hydrogen) atoms. The van der Waals surface area contributed by atoms with Gasteiger partial charge in [0.05, 0.1) is 6.61 Å². The predicted molar refractivity (Wildman–Crippen MR) is 90.5 cm³/mol. The number of fused-ring (bicyclic) bond motifs is 2. The first-order chi connectivity index (χ1) is 10.2. The Bertz CT molecular complexity index is 293. The molecule has 0 aromatic heterocycles. The lowest BCUT2D eigenvalue weighted by atomic mass is 9.70. The lowest BCUT2D eigenvalue weighted by Gasteiger charge is -2.38. The van der Waals surface area contributed by atoms with Crippen molar-refractivity contribution in [1.82, 2.24) is 5.32 Å². The van der Waals surface area contributed by atoms with Crippen molar-refractivity contribution in [2.24, 2.45) is 23.2 Å². The second kappa shape index (κ2) is 8.53. The van der Waals surface area contributed by atoms with Gasteiger partial charge in [-0.2, -0.15) is 0 Å². The molecule has 0 aliphatic heterocycles. The fourth-order valence-electron chi connectivity index (χ4n) is 4.97. The van der Waals surface area contributed by atoms with E-state index in [1.807, 2.05) is 0 Å². The summed E-state index contributed by atoms with van der Waals surface area (Å²) >= 11 is 0. The Balaban J connectivity index is 1.89. The Morgan fingerprint density at radius 2 is 2.05 bits per heavy atom. The van der Waals surface area contributed by atoms with E-state index in [4.69, 9.17) is 4.74 Å². The van der Waals surface area contributed by atoms with Gasteiger partial charge in [0.2, 0.25) is 0 Å². The van der Waals surface area contributed by atoms with E-state index >= 15 is 0 Å². The lowest BCUT2D eigenvalue weighted by Crippen LogP contribution is -2.38. The highest BCUT2D eigenvalue weighted by atomic mass is 16.5. The minimum atomic E-state index is 0.541. The molecule has 2 aliphatic carbocycles. The number of ether oxygens (including phenoxy) is 1. The number of hydrogen-bond donors (Lipinski definition) is 1. The average molecular weight is 296 g/mol. The smallest absolute Gasteiger partial charge is 0.0587 e. The van der Waals surface area contributed by atoms with Crippen LogP contribution in [0.2, 0.25) is 0 Å². The van der Waals surface area contributed by atoms with E-state index in [1.165, 1.54) is 57.9 Å². The molecule has 4 unspecified atom stereocenters. The molecule has 2 bridgehead atoms. The van der Waals surface area contributed by atoms with E-state index in [0.717, 1.165) is 30.9 Å². The van der Waals surface area contributed by atoms with Crippen molar-refractivity contribution < 1.29 is 4.74 Å². The van der Waals surface area contributed by atoms with Gasteiger partial charge in [0.25, 0.3) is 0 Å². The highest BCUT2D eigenvalue weighted by molar-refractivity contribution is 4.94. The zero-order chi connectivity index (χ0) is 15.1. The molecule has 4 atom stereocenters. The minimum absolute atomic E-state index is 0.541. The van der Waals surface area contributed by atoms with Crippen LogP contribution in [0.3, 0.4) is 0 Å². The minimum Gasteiger partial charge on any atom is -0.383 e. The Kier molecular flexibility index (Phi) is 7.01. The van der Waals surface area contributed by atoms with Gasteiger partial charge in [-0.25, -0.2) is 0 Å². The molecular weight excluding hydrogens is 258 g/mol. The van der Waals surface area contributed by atoms with Gasteiger partial charge in [-0.05, 0) is 61.7 Å². The SMILES string of the molecule is CCCCC(CC)(CNCCOC)CC1CC2CCC1C2. The fraction of sp³-hybridized carbons (Fsp3) is 1.00. The van der Waals surface area contributed by atoms with E-state index < -0.39 is 0 Å². The molecule has 2 aliphatic rings. The number of methoxy groups -OCH3 is 1. The van der Waals surface area contributed by atoms with Crippen molar-refractivity contribution in [2.45, 2.75) is 71.6 Å². The van der Waals surface area contributed by atoms with Crippen LogP contribution in [0.15, 0.2) is 0 Å². The van der Waals surface area contributed by atoms with E-state index in [-0.39, 0.29) is 0 Å². The molecule has 0 heterocycles. The van der Waals surface area contributed by atoms with Gasteiger partial charge < -0.3 is 10.1 Å². The number of unbranched alkanes of at least 4 members (excludes halogenated alkanes) is 1. The maximum absolute atomic E-state index is 5.18. The molecule has 124 valence electrons. The quantitative estimate of drug-likeness (QED) is 0.561. The molecule has 0 aromatic rings. The van der Waals surface area contributed by atoms with Crippen LogP contribution in [0.5, 0.6) is 0 Å². The van der Waals surface area contributed by atoms with Gasteiger partial charge >= 0.3 is 0 Å². The van der Waals surface area contributed by atoms with Crippen LogP contribution >= 0.6 is 0 Å². The summed E-state index contributed by atoms with van der Waals surface area (Å²) in [4.78, 5) is 0. The largest absolute Gasteiger partial charge is 0.383 e. The number of nitrogens with one attached hydrogen (secondary N) is 1. The zero-order valence-corrected chi connectivity index (χ0v) is 14.6. The first-order valence-electron chi connectivity index (χ1n) is 9.42. The highest BCUT2D eigenvalue weighted by Gasteiger charge is 2.42. The third-order valence-electron chi connectivity index (χ3n) is 6.37. The molecule has 0 spiro atoms. The lowest BCUT2D eigenvalue weighted by molar-refractivity contribution is 0.137. The first kappa shape index (κ1) is 17.3. The fourth-order valence-corrected chi connectivity index (χ4v) is 4.97. The molecule has 0 saturated heterocycles. The van der Waals surface area contributed by atoms with Crippen molar-refractivity contribution in [2.75, 3.05) is 26.8 Å². The van der Waals surface area contributed by atoms with E-state index in [0.29, 0.717) is 5.41 Å². The normalized spacial score (nSPS) is 30.7. The van der Waals surface area contributed by atoms with Gasteiger partial charge in [0, 0.05) is 20.2 Å². The van der Waals surface area contributed by atoms with E-state index in [9.17, 15) is 0 Å². The molecule has 2 heteroatoms. The van der Waals surface area contributed by atoms with Crippen molar-refractivity contribution >= 4 is 0 Å². The molecular formula is C19H37NO. The molecule has 2 rings (SSSR count). The maximum atomic E-state index is 5.18.